The Bertz CT molecular complexity index is 2590. The van der Waals surface area contributed by atoms with E-state index in [-0.39, 0.29) is 5.28 Å². The van der Waals surface area contributed by atoms with Crippen molar-refractivity contribution >= 4 is 43.1 Å². The number of thiophene rings is 1. The topological polar surface area (TPSA) is 77.3 Å². The molecule has 8 heteroatoms. The maximum Gasteiger partial charge on any atom is 0.226 e. The van der Waals surface area contributed by atoms with Crippen LogP contribution in [-0.4, -0.2) is 29.9 Å². The van der Waals surface area contributed by atoms with Crippen molar-refractivity contribution in [2.75, 3.05) is 0 Å². The summed E-state index contributed by atoms with van der Waals surface area (Å²) in [6.07, 6.45) is 0. The highest BCUT2D eigenvalue weighted by Crippen LogP contribution is 2.47. The SMILES string of the molecule is Clc1nc(-c2ccccc2)nc(-c2ccc(-c3nc(-c4ccccc4)nc(-c4ccccc4)n3)c3c2sc2c(-c4ccccc4)cccc23)n1. The molecule has 0 atom stereocenters. The highest BCUT2D eigenvalue weighted by Gasteiger charge is 2.22. The van der Waals surface area contributed by atoms with E-state index in [9.17, 15) is 0 Å². The van der Waals surface area contributed by atoms with Crippen molar-refractivity contribution < 1.29 is 0 Å². The van der Waals surface area contributed by atoms with Crippen LogP contribution >= 0.6 is 22.9 Å². The van der Waals surface area contributed by atoms with Gasteiger partial charge >= 0.3 is 0 Å². The van der Waals surface area contributed by atoms with Gasteiger partial charge in [0.25, 0.3) is 0 Å². The molecule has 0 N–H and O–H groups in total. The molecular formula is C42H25ClN6S. The zero-order valence-corrected chi connectivity index (χ0v) is 28.0. The van der Waals surface area contributed by atoms with E-state index in [0.717, 1.165) is 59.1 Å². The number of hydrogen-bond acceptors (Lipinski definition) is 7. The van der Waals surface area contributed by atoms with Crippen molar-refractivity contribution in [2.45, 2.75) is 0 Å². The van der Waals surface area contributed by atoms with E-state index in [1.165, 1.54) is 0 Å². The van der Waals surface area contributed by atoms with Crippen molar-refractivity contribution in [3.8, 4) is 68.1 Å². The number of fused-ring (bicyclic) bond motifs is 3. The summed E-state index contributed by atoms with van der Waals surface area (Å²) in [5.74, 6) is 2.80. The summed E-state index contributed by atoms with van der Waals surface area (Å²) >= 11 is 8.29. The smallest absolute Gasteiger partial charge is 0.208 e. The fraction of sp³-hybridized carbons (Fsp3) is 0. The Morgan fingerprint density at radius 2 is 0.780 bits per heavy atom. The van der Waals surface area contributed by atoms with Gasteiger partial charge in [0, 0.05) is 48.0 Å². The number of aromatic nitrogens is 6. The molecule has 3 heterocycles. The lowest BCUT2D eigenvalue weighted by atomic mass is 9.98. The van der Waals surface area contributed by atoms with Gasteiger partial charge in [0.15, 0.2) is 29.1 Å². The van der Waals surface area contributed by atoms with Gasteiger partial charge in [-0.2, -0.15) is 9.97 Å². The molecule has 3 aromatic heterocycles. The lowest BCUT2D eigenvalue weighted by Gasteiger charge is -2.11. The highest BCUT2D eigenvalue weighted by atomic mass is 35.5. The first-order chi connectivity index (χ1) is 24.7. The van der Waals surface area contributed by atoms with Crippen molar-refractivity contribution in [1.82, 2.24) is 29.9 Å². The summed E-state index contributed by atoms with van der Waals surface area (Å²) in [6.45, 7) is 0. The van der Waals surface area contributed by atoms with Crippen LogP contribution in [0.25, 0.3) is 88.2 Å². The summed E-state index contributed by atoms with van der Waals surface area (Å²) in [6, 6.07) is 50.9. The van der Waals surface area contributed by atoms with E-state index in [0.29, 0.717) is 29.1 Å². The molecule has 9 rings (SSSR count). The molecule has 50 heavy (non-hydrogen) atoms. The van der Waals surface area contributed by atoms with Crippen LogP contribution in [0.5, 0.6) is 0 Å². The van der Waals surface area contributed by atoms with Gasteiger partial charge in [0.2, 0.25) is 5.28 Å². The zero-order chi connectivity index (χ0) is 33.4. The summed E-state index contributed by atoms with van der Waals surface area (Å²) < 4.78 is 2.15. The third kappa shape index (κ3) is 5.48. The van der Waals surface area contributed by atoms with Gasteiger partial charge in [-0.1, -0.05) is 140 Å². The fourth-order valence-electron chi connectivity index (χ4n) is 6.23. The predicted molar refractivity (Wildman–Crippen MR) is 204 cm³/mol. The van der Waals surface area contributed by atoms with Crippen LogP contribution in [0.15, 0.2) is 152 Å². The minimum absolute atomic E-state index is 0.134. The molecule has 0 saturated heterocycles. The molecule has 236 valence electrons. The van der Waals surface area contributed by atoms with E-state index >= 15 is 0 Å². The molecule has 6 nitrogen and oxygen atoms in total. The number of halogens is 1. The minimum Gasteiger partial charge on any atom is -0.208 e. The first kappa shape index (κ1) is 29.9. The van der Waals surface area contributed by atoms with E-state index in [1.54, 1.807) is 11.3 Å². The van der Waals surface area contributed by atoms with Gasteiger partial charge in [-0.15, -0.1) is 11.3 Å². The van der Waals surface area contributed by atoms with Crippen LogP contribution in [0.2, 0.25) is 5.28 Å². The Kier molecular flexibility index (Phi) is 7.61. The Labute approximate surface area is 296 Å². The summed E-state index contributed by atoms with van der Waals surface area (Å²) in [4.78, 5) is 29.2. The van der Waals surface area contributed by atoms with Crippen LogP contribution in [0.3, 0.4) is 0 Å². The largest absolute Gasteiger partial charge is 0.226 e. The Balaban J connectivity index is 1.34. The molecule has 9 aromatic rings. The summed E-state index contributed by atoms with van der Waals surface area (Å²) in [5, 5.41) is 2.24. The number of rotatable bonds is 6. The lowest BCUT2D eigenvalue weighted by molar-refractivity contribution is 1.07. The summed E-state index contributed by atoms with van der Waals surface area (Å²) in [5.41, 5.74) is 6.71. The molecule has 0 fully saturated rings. The minimum atomic E-state index is 0.134. The third-order valence-corrected chi connectivity index (χ3v) is 9.99. The van der Waals surface area contributed by atoms with E-state index < -0.39 is 0 Å². The molecule has 0 aliphatic rings. The van der Waals surface area contributed by atoms with Gasteiger partial charge in [0.05, 0.1) is 0 Å². The van der Waals surface area contributed by atoms with Gasteiger partial charge in [-0.25, -0.2) is 19.9 Å². The molecule has 0 unspecified atom stereocenters. The van der Waals surface area contributed by atoms with Crippen molar-refractivity contribution in [2.24, 2.45) is 0 Å². The van der Waals surface area contributed by atoms with Crippen molar-refractivity contribution in [3.05, 3.63) is 157 Å². The molecule has 0 spiro atoms. The standard InChI is InChI=1S/C42H25ClN6S/c43-42-48-39(29-20-11-4-12-21-29)47-41(49-42)33-25-24-32(34-31-23-13-22-30(35(31)50-36(33)34)26-14-5-1-6-15-26)40-45-37(27-16-7-2-8-17-27)44-38(46-40)28-18-9-3-10-19-28/h1-25H. The average Bonchev–Trinajstić information content (AvgIpc) is 3.58. The molecular weight excluding hydrogens is 656 g/mol. The fourth-order valence-corrected chi connectivity index (χ4v) is 7.76. The van der Waals surface area contributed by atoms with Gasteiger partial charge in [0.1, 0.15) is 0 Å². The number of benzene rings is 6. The molecule has 6 aromatic carbocycles. The average molecular weight is 681 g/mol. The van der Waals surface area contributed by atoms with Crippen LogP contribution < -0.4 is 0 Å². The Morgan fingerprint density at radius 1 is 0.340 bits per heavy atom. The third-order valence-electron chi connectivity index (χ3n) is 8.55. The highest BCUT2D eigenvalue weighted by molar-refractivity contribution is 7.27. The monoisotopic (exact) mass is 680 g/mol. The molecule has 0 amide bonds. The first-order valence-electron chi connectivity index (χ1n) is 16.1. The molecule has 0 aliphatic carbocycles. The number of hydrogen-bond donors (Lipinski definition) is 0. The quantitative estimate of drug-likeness (QED) is 0.174. The van der Waals surface area contributed by atoms with Crippen LogP contribution in [0.1, 0.15) is 0 Å². The van der Waals surface area contributed by atoms with Crippen LogP contribution in [0, 0.1) is 0 Å². The van der Waals surface area contributed by atoms with E-state index in [1.807, 2.05) is 103 Å². The maximum absolute atomic E-state index is 6.58. The maximum atomic E-state index is 6.58. The van der Waals surface area contributed by atoms with E-state index in [4.69, 9.17) is 31.5 Å². The van der Waals surface area contributed by atoms with Gasteiger partial charge in [-0.05, 0) is 34.9 Å². The number of nitrogens with zero attached hydrogens (tertiary/aromatic N) is 6. The van der Waals surface area contributed by atoms with Crippen LogP contribution in [-0.2, 0) is 0 Å². The zero-order valence-electron chi connectivity index (χ0n) is 26.4. The summed E-state index contributed by atoms with van der Waals surface area (Å²) in [7, 11) is 0. The van der Waals surface area contributed by atoms with Gasteiger partial charge in [-0.3, -0.25) is 0 Å². The Hall–Kier alpha value is -6.15. The normalized spacial score (nSPS) is 11.3. The van der Waals surface area contributed by atoms with Crippen molar-refractivity contribution in [1.29, 1.82) is 0 Å². The molecule has 0 saturated carbocycles. The van der Waals surface area contributed by atoms with E-state index in [2.05, 4.69) is 58.5 Å². The molecule has 0 aliphatic heterocycles. The molecule has 0 bridgehead atoms. The van der Waals surface area contributed by atoms with Crippen LogP contribution in [0.4, 0.5) is 0 Å². The lowest BCUT2D eigenvalue weighted by Crippen LogP contribution is -2.01. The second-order valence-corrected chi connectivity index (χ2v) is 13.0. The molecule has 0 radical (unpaired) electrons. The Morgan fingerprint density at radius 3 is 1.34 bits per heavy atom. The van der Waals surface area contributed by atoms with Crippen molar-refractivity contribution in [3.63, 3.8) is 0 Å². The predicted octanol–water partition coefficient (Wildman–Crippen LogP) is 11.1. The second-order valence-electron chi connectivity index (χ2n) is 11.7. The van der Waals surface area contributed by atoms with Gasteiger partial charge < -0.3 is 0 Å². The second kappa shape index (κ2) is 12.7. The first-order valence-corrected chi connectivity index (χ1v) is 17.3.